The highest BCUT2D eigenvalue weighted by molar-refractivity contribution is 5.18. The van der Waals surface area contributed by atoms with Gasteiger partial charge in [0.1, 0.15) is 11.6 Å². The van der Waals surface area contributed by atoms with Crippen LogP contribution in [0.15, 0.2) is 18.2 Å². The normalized spacial score (nSPS) is 17.5. The summed E-state index contributed by atoms with van der Waals surface area (Å²) >= 11 is 0. The molecular weight excluding hydrogens is 222 g/mol. The first kappa shape index (κ1) is 12.5. The molecule has 0 amide bonds. The minimum atomic E-state index is -0.398. The molecule has 0 bridgehead atoms. The molecule has 1 unspecified atom stereocenters. The molecule has 94 valence electrons. The van der Waals surface area contributed by atoms with E-state index in [1.54, 1.807) is 0 Å². The molecule has 0 aromatic heterocycles. The van der Waals surface area contributed by atoms with Crippen molar-refractivity contribution in [1.29, 1.82) is 0 Å². The van der Waals surface area contributed by atoms with E-state index in [1.165, 1.54) is 25.0 Å². The van der Waals surface area contributed by atoms with Crippen molar-refractivity contribution in [3.8, 4) is 0 Å². The summed E-state index contributed by atoms with van der Waals surface area (Å²) in [4.78, 5) is 2.02. The van der Waals surface area contributed by atoms with Crippen molar-refractivity contribution >= 4 is 0 Å². The largest absolute Gasteiger partial charge is 0.329 e. The van der Waals surface area contributed by atoms with Crippen molar-refractivity contribution in [2.24, 2.45) is 11.7 Å². The zero-order valence-electron chi connectivity index (χ0n) is 10.00. The van der Waals surface area contributed by atoms with E-state index in [4.69, 9.17) is 5.73 Å². The van der Waals surface area contributed by atoms with E-state index in [2.05, 4.69) is 0 Å². The molecule has 0 spiro atoms. The Labute approximate surface area is 100 Å². The van der Waals surface area contributed by atoms with E-state index < -0.39 is 5.82 Å². The van der Waals surface area contributed by atoms with E-state index in [1.807, 2.05) is 11.9 Å². The summed E-state index contributed by atoms with van der Waals surface area (Å²) in [7, 11) is 1.92. The summed E-state index contributed by atoms with van der Waals surface area (Å²) in [5.41, 5.74) is 6.12. The Morgan fingerprint density at radius 3 is 2.71 bits per heavy atom. The molecule has 17 heavy (non-hydrogen) atoms. The highest BCUT2D eigenvalue weighted by Crippen LogP contribution is 2.35. The molecule has 1 saturated carbocycles. The van der Waals surface area contributed by atoms with Crippen LogP contribution in [0.4, 0.5) is 8.78 Å². The van der Waals surface area contributed by atoms with Gasteiger partial charge in [-0.05, 0) is 44.0 Å². The van der Waals surface area contributed by atoms with E-state index in [0.717, 1.165) is 6.07 Å². The lowest BCUT2D eigenvalue weighted by atomic mass is 10.1. The topological polar surface area (TPSA) is 29.3 Å². The maximum atomic E-state index is 13.5. The number of nitrogens with two attached hydrogens (primary N) is 1. The van der Waals surface area contributed by atoms with Crippen LogP contribution in [0.25, 0.3) is 0 Å². The fraction of sp³-hybridized carbons (Fsp3) is 0.538. The number of benzene rings is 1. The first-order valence-corrected chi connectivity index (χ1v) is 5.96. The van der Waals surface area contributed by atoms with Crippen LogP contribution in [0.3, 0.4) is 0 Å². The summed E-state index contributed by atoms with van der Waals surface area (Å²) in [6, 6.07) is 3.84. The van der Waals surface area contributed by atoms with Crippen LogP contribution in [-0.2, 0) is 6.54 Å². The summed E-state index contributed by atoms with van der Waals surface area (Å²) in [6.07, 6.45) is 2.38. The lowest BCUT2D eigenvalue weighted by Crippen LogP contribution is -2.39. The smallest absolute Gasteiger partial charge is 0.127 e. The van der Waals surface area contributed by atoms with Crippen LogP contribution in [0, 0.1) is 17.6 Å². The third-order valence-electron chi connectivity index (χ3n) is 3.40. The number of likely N-dealkylation sites (N-methyl/N-ethyl adjacent to an activating group) is 1. The molecule has 0 heterocycles. The van der Waals surface area contributed by atoms with Gasteiger partial charge in [0.2, 0.25) is 0 Å². The minimum absolute atomic E-state index is 0.276. The van der Waals surface area contributed by atoms with Gasteiger partial charge in [0.15, 0.2) is 0 Å². The van der Waals surface area contributed by atoms with Gasteiger partial charge in [-0.3, -0.25) is 4.90 Å². The van der Waals surface area contributed by atoms with Gasteiger partial charge in [0, 0.05) is 24.7 Å². The van der Waals surface area contributed by atoms with Crippen molar-refractivity contribution in [2.75, 3.05) is 13.6 Å². The van der Waals surface area contributed by atoms with Crippen molar-refractivity contribution < 1.29 is 8.78 Å². The zero-order valence-corrected chi connectivity index (χ0v) is 10.00. The maximum absolute atomic E-state index is 13.5. The van der Waals surface area contributed by atoms with Gasteiger partial charge in [-0.15, -0.1) is 0 Å². The molecule has 1 aromatic carbocycles. The van der Waals surface area contributed by atoms with Gasteiger partial charge < -0.3 is 5.73 Å². The van der Waals surface area contributed by atoms with Gasteiger partial charge in [-0.1, -0.05) is 0 Å². The molecule has 2 nitrogen and oxygen atoms in total. The predicted octanol–water partition coefficient (Wildman–Crippen LogP) is 2.13. The Morgan fingerprint density at radius 2 is 2.12 bits per heavy atom. The first-order valence-electron chi connectivity index (χ1n) is 5.96. The van der Waals surface area contributed by atoms with Crippen LogP contribution in [-0.4, -0.2) is 24.5 Å². The number of halogens is 2. The fourth-order valence-electron chi connectivity index (χ4n) is 2.26. The number of hydrogen-bond acceptors (Lipinski definition) is 2. The quantitative estimate of drug-likeness (QED) is 0.854. The average molecular weight is 240 g/mol. The fourth-order valence-corrected chi connectivity index (χ4v) is 2.26. The Kier molecular flexibility index (Phi) is 3.74. The molecule has 1 aromatic rings. The Balaban J connectivity index is 2.05. The summed E-state index contributed by atoms with van der Waals surface area (Å²) in [5.74, 6) is -0.128. The molecule has 4 heteroatoms. The van der Waals surface area contributed by atoms with E-state index >= 15 is 0 Å². The molecule has 1 atom stereocenters. The van der Waals surface area contributed by atoms with E-state index in [-0.39, 0.29) is 11.9 Å². The lowest BCUT2D eigenvalue weighted by Gasteiger charge is -2.27. The van der Waals surface area contributed by atoms with Gasteiger partial charge in [-0.2, -0.15) is 0 Å². The molecule has 1 fully saturated rings. The van der Waals surface area contributed by atoms with E-state index in [9.17, 15) is 8.78 Å². The maximum Gasteiger partial charge on any atom is 0.127 e. The van der Waals surface area contributed by atoms with Crippen LogP contribution in [0.2, 0.25) is 0 Å². The standard InChI is InChI=1S/C13H18F2N2/c1-17(13(7-16)9-2-3-9)8-10-6-11(14)4-5-12(10)15/h4-6,9,13H,2-3,7-8,16H2,1H3. The first-order chi connectivity index (χ1) is 8.11. The molecule has 1 aliphatic rings. The molecule has 2 N–H and O–H groups in total. The van der Waals surface area contributed by atoms with Gasteiger partial charge in [0.25, 0.3) is 0 Å². The molecule has 2 rings (SSSR count). The van der Waals surface area contributed by atoms with Crippen LogP contribution in [0.5, 0.6) is 0 Å². The molecule has 0 saturated heterocycles. The molecule has 0 radical (unpaired) electrons. The van der Waals surface area contributed by atoms with Crippen molar-refractivity contribution in [2.45, 2.75) is 25.4 Å². The van der Waals surface area contributed by atoms with Crippen molar-refractivity contribution in [3.63, 3.8) is 0 Å². The van der Waals surface area contributed by atoms with Crippen molar-refractivity contribution in [1.82, 2.24) is 4.90 Å². The molecular formula is C13H18F2N2. The molecule has 1 aliphatic carbocycles. The number of hydrogen-bond donors (Lipinski definition) is 1. The third-order valence-corrected chi connectivity index (χ3v) is 3.40. The van der Waals surface area contributed by atoms with Crippen LogP contribution >= 0.6 is 0 Å². The average Bonchev–Trinajstić information content (AvgIpc) is 3.09. The zero-order chi connectivity index (χ0) is 12.4. The second-order valence-corrected chi connectivity index (χ2v) is 4.79. The number of rotatable bonds is 5. The lowest BCUT2D eigenvalue weighted by molar-refractivity contribution is 0.213. The SMILES string of the molecule is CN(Cc1cc(F)ccc1F)C(CN)C1CC1. The van der Waals surface area contributed by atoms with Gasteiger partial charge in [0.05, 0.1) is 0 Å². The minimum Gasteiger partial charge on any atom is -0.329 e. The van der Waals surface area contributed by atoms with Gasteiger partial charge in [-0.25, -0.2) is 8.78 Å². The Bertz CT molecular complexity index is 391. The van der Waals surface area contributed by atoms with Crippen LogP contribution in [0.1, 0.15) is 18.4 Å². The van der Waals surface area contributed by atoms with Gasteiger partial charge >= 0.3 is 0 Å². The summed E-state index contributed by atoms with van der Waals surface area (Å²) < 4.78 is 26.5. The monoisotopic (exact) mass is 240 g/mol. The van der Waals surface area contributed by atoms with E-state index in [0.29, 0.717) is 24.6 Å². The Morgan fingerprint density at radius 1 is 1.41 bits per heavy atom. The van der Waals surface area contributed by atoms with Crippen LogP contribution < -0.4 is 5.73 Å². The molecule has 0 aliphatic heterocycles. The van der Waals surface area contributed by atoms with Crippen molar-refractivity contribution in [3.05, 3.63) is 35.4 Å². The summed E-state index contributed by atoms with van der Waals surface area (Å²) in [5, 5.41) is 0. The highest BCUT2D eigenvalue weighted by Gasteiger charge is 2.32. The predicted molar refractivity (Wildman–Crippen MR) is 63.4 cm³/mol. The third kappa shape index (κ3) is 3.01. The highest BCUT2D eigenvalue weighted by atomic mass is 19.1. The second-order valence-electron chi connectivity index (χ2n) is 4.79. The Hall–Kier alpha value is -1.00. The summed E-state index contributed by atoms with van der Waals surface area (Å²) in [6.45, 7) is 0.972. The number of nitrogens with zero attached hydrogens (tertiary/aromatic N) is 1. The second kappa shape index (κ2) is 5.10.